The predicted molar refractivity (Wildman–Crippen MR) is 79.2 cm³/mol. The lowest BCUT2D eigenvalue weighted by Crippen LogP contribution is -2.32. The Bertz CT molecular complexity index is 438. The van der Waals surface area contributed by atoms with Crippen LogP contribution in [0.3, 0.4) is 0 Å². The Morgan fingerprint density at radius 2 is 1.89 bits per heavy atom. The highest BCUT2D eigenvalue weighted by atomic mass is 16.2. The van der Waals surface area contributed by atoms with E-state index in [9.17, 15) is 4.79 Å². The lowest BCUT2D eigenvalue weighted by molar-refractivity contribution is -0.124. The smallest absolute Gasteiger partial charge is 0.231 e. The molecular weight excluding hydrogens is 238 g/mol. The zero-order valence-corrected chi connectivity index (χ0v) is 13.2. The summed E-state index contributed by atoms with van der Waals surface area (Å²) >= 11 is 0. The average Bonchev–Trinajstić information content (AvgIpc) is 2.63. The molecule has 0 aliphatic carbocycles. The molecule has 19 heavy (non-hydrogen) atoms. The number of rotatable bonds is 4. The van der Waals surface area contributed by atoms with Crippen molar-refractivity contribution < 1.29 is 4.79 Å². The van der Waals surface area contributed by atoms with Gasteiger partial charge in [0.1, 0.15) is 0 Å². The van der Waals surface area contributed by atoms with E-state index in [1.54, 1.807) is 0 Å². The van der Waals surface area contributed by atoms with Crippen LogP contribution in [-0.4, -0.2) is 16.1 Å². The third-order valence-corrected chi connectivity index (χ3v) is 3.16. The van der Waals surface area contributed by atoms with Crippen molar-refractivity contribution in [3.8, 4) is 0 Å². The van der Waals surface area contributed by atoms with Crippen LogP contribution in [-0.2, 0) is 10.2 Å². The lowest BCUT2D eigenvalue weighted by atomic mass is 9.83. The molecule has 1 rings (SSSR count). The number of carbonyl (C=O) groups is 1. The molecule has 0 bridgehead atoms. The first-order chi connectivity index (χ1) is 8.52. The largest absolute Gasteiger partial charge is 0.309 e. The highest BCUT2D eigenvalue weighted by molar-refractivity contribution is 5.94. The molecule has 0 aliphatic rings. The Hall–Kier alpha value is -1.32. The summed E-state index contributed by atoms with van der Waals surface area (Å²) in [5, 5.41) is 10.0. The van der Waals surface area contributed by atoms with Gasteiger partial charge in [0, 0.05) is 22.6 Å². The molecule has 0 atom stereocenters. The second kappa shape index (κ2) is 5.35. The number of hydrogen-bond acceptors (Lipinski definition) is 2. The fourth-order valence-electron chi connectivity index (χ4n) is 2.17. The van der Waals surface area contributed by atoms with Gasteiger partial charge in [-0.2, -0.15) is 5.10 Å². The fraction of sp³-hybridized carbons (Fsp3) is 0.733. The number of amides is 1. The molecule has 1 amide bonds. The number of H-pyrrole nitrogens is 1. The molecule has 0 aliphatic heterocycles. The molecule has 0 fully saturated rings. The second-order valence-corrected chi connectivity index (χ2v) is 7.35. The van der Waals surface area contributed by atoms with E-state index in [0.717, 1.165) is 12.1 Å². The molecule has 0 saturated heterocycles. The van der Waals surface area contributed by atoms with Crippen LogP contribution in [0, 0.1) is 11.3 Å². The first-order valence-electron chi connectivity index (χ1n) is 6.90. The number of anilines is 1. The van der Waals surface area contributed by atoms with E-state index in [2.05, 4.69) is 50.1 Å². The molecule has 108 valence electrons. The van der Waals surface area contributed by atoms with Crippen LogP contribution in [0.5, 0.6) is 0 Å². The number of nitrogens with zero attached hydrogens (tertiary/aromatic N) is 1. The van der Waals surface area contributed by atoms with E-state index in [1.807, 2.05) is 19.9 Å². The van der Waals surface area contributed by atoms with Crippen molar-refractivity contribution >= 4 is 11.7 Å². The maximum absolute atomic E-state index is 12.3. The number of nitrogens with one attached hydrogen (secondary N) is 2. The van der Waals surface area contributed by atoms with Crippen LogP contribution < -0.4 is 5.32 Å². The molecule has 4 heteroatoms. The Morgan fingerprint density at radius 1 is 1.32 bits per heavy atom. The van der Waals surface area contributed by atoms with Crippen molar-refractivity contribution in [2.45, 2.75) is 60.3 Å². The zero-order valence-electron chi connectivity index (χ0n) is 13.2. The van der Waals surface area contributed by atoms with Crippen molar-refractivity contribution in [2.75, 3.05) is 5.32 Å². The highest BCUT2D eigenvalue weighted by Gasteiger charge is 2.29. The van der Waals surface area contributed by atoms with E-state index in [4.69, 9.17) is 0 Å². The van der Waals surface area contributed by atoms with Crippen LogP contribution in [0.25, 0.3) is 0 Å². The Balaban J connectivity index is 2.75. The summed E-state index contributed by atoms with van der Waals surface area (Å²) in [5.74, 6) is 1.12. The van der Waals surface area contributed by atoms with Crippen LogP contribution in [0.15, 0.2) is 6.07 Å². The molecule has 0 radical (unpaired) electrons. The van der Waals surface area contributed by atoms with E-state index in [1.165, 1.54) is 0 Å². The summed E-state index contributed by atoms with van der Waals surface area (Å²) in [6.07, 6.45) is 0.857. The molecule has 0 aromatic carbocycles. The Kier molecular flexibility index (Phi) is 4.43. The second-order valence-electron chi connectivity index (χ2n) is 7.35. The van der Waals surface area contributed by atoms with Gasteiger partial charge < -0.3 is 5.32 Å². The molecule has 2 N–H and O–H groups in total. The lowest BCUT2D eigenvalue weighted by Gasteiger charge is -2.24. The minimum absolute atomic E-state index is 0.00340. The van der Waals surface area contributed by atoms with Gasteiger partial charge in [-0.15, -0.1) is 0 Å². The quantitative estimate of drug-likeness (QED) is 0.871. The third kappa shape index (κ3) is 4.37. The molecular formula is C15H27N3O. The molecule has 0 saturated carbocycles. The van der Waals surface area contributed by atoms with Crippen LogP contribution in [0.2, 0.25) is 0 Å². The van der Waals surface area contributed by atoms with Gasteiger partial charge in [0.15, 0.2) is 5.82 Å². The molecule has 0 spiro atoms. The van der Waals surface area contributed by atoms with Gasteiger partial charge in [0.25, 0.3) is 0 Å². The van der Waals surface area contributed by atoms with Gasteiger partial charge in [-0.05, 0) is 12.3 Å². The van der Waals surface area contributed by atoms with Crippen LogP contribution in [0.1, 0.15) is 60.6 Å². The van der Waals surface area contributed by atoms with E-state index >= 15 is 0 Å². The number of carbonyl (C=O) groups excluding carboxylic acids is 1. The number of aromatic amines is 1. The maximum Gasteiger partial charge on any atom is 0.231 e. The third-order valence-electron chi connectivity index (χ3n) is 3.16. The highest BCUT2D eigenvalue weighted by Crippen LogP contribution is 2.28. The summed E-state index contributed by atoms with van der Waals surface area (Å²) < 4.78 is 0. The molecule has 1 aromatic heterocycles. The summed E-state index contributed by atoms with van der Waals surface area (Å²) in [6.45, 7) is 14.5. The van der Waals surface area contributed by atoms with Crippen LogP contribution in [0.4, 0.5) is 5.82 Å². The van der Waals surface area contributed by atoms with E-state index in [0.29, 0.717) is 11.7 Å². The first-order valence-corrected chi connectivity index (χ1v) is 6.90. The van der Waals surface area contributed by atoms with Crippen LogP contribution >= 0.6 is 0 Å². The molecule has 0 unspecified atom stereocenters. The van der Waals surface area contributed by atoms with Gasteiger partial charge in [0.05, 0.1) is 0 Å². The van der Waals surface area contributed by atoms with Gasteiger partial charge in [-0.3, -0.25) is 9.89 Å². The Labute approximate surface area is 116 Å². The topological polar surface area (TPSA) is 57.8 Å². The van der Waals surface area contributed by atoms with Crippen molar-refractivity contribution in [3.63, 3.8) is 0 Å². The normalized spacial score (nSPS) is 12.8. The number of hydrogen-bond donors (Lipinski definition) is 2. The van der Waals surface area contributed by atoms with Crippen molar-refractivity contribution in [1.29, 1.82) is 0 Å². The predicted octanol–water partition coefficient (Wildman–Crippen LogP) is 3.72. The van der Waals surface area contributed by atoms with Gasteiger partial charge in [-0.25, -0.2) is 0 Å². The van der Waals surface area contributed by atoms with Crippen molar-refractivity contribution in [2.24, 2.45) is 11.3 Å². The minimum atomic E-state index is -0.380. The molecule has 1 aromatic rings. The SMILES string of the molecule is CC(C)CC(C)(C)C(=O)Nc1cc(C(C)(C)C)[nH]n1. The summed E-state index contributed by atoms with van der Waals surface area (Å²) in [6, 6.07) is 1.91. The Morgan fingerprint density at radius 3 is 2.32 bits per heavy atom. The minimum Gasteiger partial charge on any atom is -0.309 e. The summed E-state index contributed by atoms with van der Waals surface area (Å²) in [4.78, 5) is 12.3. The number of aromatic nitrogens is 2. The molecule has 4 nitrogen and oxygen atoms in total. The van der Waals surface area contributed by atoms with E-state index < -0.39 is 0 Å². The average molecular weight is 265 g/mol. The molecule has 1 heterocycles. The fourth-order valence-corrected chi connectivity index (χ4v) is 2.17. The van der Waals surface area contributed by atoms with E-state index in [-0.39, 0.29) is 16.7 Å². The summed E-state index contributed by atoms with van der Waals surface area (Å²) in [7, 11) is 0. The van der Waals surface area contributed by atoms with Crippen molar-refractivity contribution in [1.82, 2.24) is 10.2 Å². The van der Waals surface area contributed by atoms with Gasteiger partial charge >= 0.3 is 0 Å². The maximum atomic E-state index is 12.3. The summed E-state index contributed by atoms with van der Waals surface area (Å²) in [5.41, 5.74) is 0.641. The standard InChI is InChI=1S/C15H27N3O/c1-10(2)9-15(6,7)13(19)16-12-8-11(17-18-12)14(3,4)5/h8,10H,9H2,1-7H3,(H2,16,17,18,19). The first kappa shape index (κ1) is 15.7. The van der Waals surface area contributed by atoms with Gasteiger partial charge in [-0.1, -0.05) is 48.5 Å². The zero-order chi connectivity index (χ0) is 14.8. The van der Waals surface area contributed by atoms with Gasteiger partial charge in [0.2, 0.25) is 5.91 Å². The van der Waals surface area contributed by atoms with Crippen molar-refractivity contribution in [3.05, 3.63) is 11.8 Å². The monoisotopic (exact) mass is 265 g/mol.